The average Bonchev–Trinajstić information content (AvgIpc) is 2.43. The highest BCUT2D eigenvalue weighted by Gasteiger charge is 2.22. The lowest BCUT2D eigenvalue weighted by atomic mass is 10.0. The van der Waals surface area contributed by atoms with E-state index in [1.54, 1.807) is 7.11 Å². The minimum atomic E-state index is 0.242. The van der Waals surface area contributed by atoms with Crippen LogP contribution in [0, 0.1) is 0 Å². The van der Waals surface area contributed by atoms with Crippen LogP contribution in [0.15, 0.2) is 18.2 Å². The van der Waals surface area contributed by atoms with E-state index >= 15 is 0 Å². The zero-order valence-corrected chi connectivity index (χ0v) is 11.2. The fraction of sp³-hybridized carbons (Fsp3) is 0.533. The van der Waals surface area contributed by atoms with Gasteiger partial charge in [-0.05, 0) is 30.9 Å². The number of unbranched alkanes of at least 4 members (excludes halogenated alkanes) is 1. The van der Waals surface area contributed by atoms with Gasteiger partial charge in [0.15, 0.2) is 0 Å². The first kappa shape index (κ1) is 12.9. The predicted octanol–water partition coefficient (Wildman–Crippen LogP) is 3.16. The van der Waals surface area contributed by atoms with Gasteiger partial charge in [0.2, 0.25) is 5.91 Å². The van der Waals surface area contributed by atoms with Crippen molar-refractivity contribution in [2.75, 3.05) is 18.6 Å². The number of rotatable bonds is 4. The summed E-state index contributed by atoms with van der Waals surface area (Å²) in [5.74, 6) is 1.06. The highest BCUT2D eigenvalue weighted by atomic mass is 16.5. The molecule has 0 bridgehead atoms. The van der Waals surface area contributed by atoms with E-state index in [9.17, 15) is 4.79 Å². The van der Waals surface area contributed by atoms with Gasteiger partial charge in [-0.1, -0.05) is 19.4 Å². The molecule has 0 saturated carbocycles. The molecule has 98 valence electrons. The van der Waals surface area contributed by atoms with Crippen LogP contribution in [0.4, 0.5) is 5.69 Å². The second-order valence-electron chi connectivity index (χ2n) is 4.75. The third-order valence-corrected chi connectivity index (χ3v) is 3.46. The second kappa shape index (κ2) is 5.89. The SMILES string of the molecule is CCCCC(=O)N1CCCc2ccc(OC)cc21. The Morgan fingerprint density at radius 1 is 1.44 bits per heavy atom. The Morgan fingerprint density at radius 3 is 3.00 bits per heavy atom. The van der Waals surface area contributed by atoms with Crippen LogP contribution in [-0.2, 0) is 11.2 Å². The first-order valence-electron chi connectivity index (χ1n) is 6.73. The van der Waals surface area contributed by atoms with Crippen molar-refractivity contribution in [3.8, 4) is 5.75 Å². The van der Waals surface area contributed by atoms with Crippen molar-refractivity contribution in [1.29, 1.82) is 0 Å². The number of nitrogens with zero attached hydrogens (tertiary/aromatic N) is 1. The lowest BCUT2D eigenvalue weighted by molar-refractivity contribution is -0.118. The Kier molecular flexibility index (Phi) is 4.24. The Balaban J connectivity index is 2.22. The molecule has 1 heterocycles. The van der Waals surface area contributed by atoms with Gasteiger partial charge in [0.1, 0.15) is 5.75 Å². The highest BCUT2D eigenvalue weighted by Crippen LogP contribution is 2.31. The fourth-order valence-electron chi connectivity index (χ4n) is 2.40. The molecule has 1 aliphatic rings. The molecule has 0 aromatic heterocycles. The summed E-state index contributed by atoms with van der Waals surface area (Å²) in [6.07, 6.45) is 4.78. The van der Waals surface area contributed by atoms with Crippen molar-refractivity contribution in [3.63, 3.8) is 0 Å². The fourth-order valence-corrected chi connectivity index (χ4v) is 2.40. The first-order chi connectivity index (χ1) is 8.76. The minimum absolute atomic E-state index is 0.242. The molecule has 1 aliphatic heterocycles. The van der Waals surface area contributed by atoms with E-state index in [1.165, 1.54) is 5.56 Å². The largest absolute Gasteiger partial charge is 0.497 e. The number of benzene rings is 1. The maximum atomic E-state index is 12.2. The molecular weight excluding hydrogens is 226 g/mol. The Hall–Kier alpha value is -1.51. The third kappa shape index (κ3) is 2.66. The van der Waals surface area contributed by atoms with Crippen LogP contribution in [0.5, 0.6) is 5.75 Å². The lowest BCUT2D eigenvalue weighted by Gasteiger charge is -2.30. The summed E-state index contributed by atoms with van der Waals surface area (Å²) in [7, 11) is 1.66. The number of fused-ring (bicyclic) bond motifs is 1. The summed E-state index contributed by atoms with van der Waals surface area (Å²) >= 11 is 0. The van der Waals surface area contributed by atoms with Crippen LogP contribution in [0.1, 0.15) is 38.2 Å². The van der Waals surface area contributed by atoms with E-state index in [2.05, 4.69) is 13.0 Å². The summed E-state index contributed by atoms with van der Waals surface area (Å²) in [4.78, 5) is 14.1. The van der Waals surface area contributed by atoms with Crippen molar-refractivity contribution < 1.29 is 9.53 Å². The first-order valence-corrected chi connectivity index (χ1v) is 6.73. The highest BCUT2D eigenvalue weighted by molar-refractivity contribution is 5.94. The normalized spacial score (nSPS) is 14.2. The van der Waals surface area contributed by atoms with E-state index in [-0.39, 0.29) is 5.91 Å². The quantitative estimate of drug-likeness (QED) is 0.818. The van der Waals surface area contributed by atoms with Crippen LogP contribution >= 0.6 is 0 Å². The van der Waals surface area contributed by atoms with Gasteiger partial charge in [-0.2, -0.15) is 0 Å². The van der Waals surface area contributed by atoms with Crippen LogP contribution in [0.2, 0.25) is 0 Å². The molecular formula is C15H21NO2. The number of carbonyl (C=O) groups is 1. The van der Waals surface area contributed by atoms with Gasteiger partial charge in [0.05, 0.1) is 12.8 Å². The molecule has 1 amide bonds. The number of methoxy groups -OCH3 is 1. The Morgan fingerprint density at radius 2 is 2.28 bits per heavy atom. The summed E-state index contributed by atoms with van der Waals surface area (Å²) < 4.78 is 5.25. The van der Waals surface area contributed by atoms with Crippen molar-refractivity contribution in [2.45, 2.75) is 39.0 Å². The van der Waals surface area contributed by atoms with Gasteiger partial charge in [-0.3, -0.25) is 4.79 Å². The average molecular weight is 247 g/mol. The van der Waals surface area contributed by atoms with Crippen LogP contribution in [-0.4, -0.2) is 19.6 Å². The molecule has 3 nitrogen and oxygen atoms in total. The molecule has 18 heavy (non-hydrogen) atoms. The van der Waals surface area contributed by atoms with Crippen molar-refractivity contribution >= 4 is 11.6 Å². The van der Waals surface area contributed by atoms with Crippen molar-refractivity contribution in [3.05, 3.63) is 23.8 Å². The standard InChI is InChI=1S/C15H21NO2/c1-3-4-7-15(17)16-10-5-6-12-8-9-13(18-2)11-14(12)16/h8-9,11H,3-7,10H2,1-2H3. The van der Waals surface area contributed by atoms with Crippen molar-refractivity contribution in [1.82, 2.24) is 0 Å². The smallest absolute Gasteiger partial charge is 0.226 e. The summed E-state index contributed by atoms with van der Waals surface area (Å²) in [6.45, 7) is 2.95. The monoisotopic (exact) mass is 247 g/mol. The van der Waals surface area contributed by atoms with E-state index < -0.39 is 0 Å². The molecule has 0 saturated heterocycles. The second-order valence-corrected chi connectivity index (χ2v) is 4.75. The minimum Gasteiger partial charge on any atom is -0.497 e. The molecule has 0 radical (unpaired) electrons. The van der Waals surface area contributed by atoms with Gasteiger partial charge >= 0.3 is 0 Å². The number of hydrogen-bond acceptors (Lipinski definition) is 2. The van der Waals surface area contributed by atoms with Gasteiger partial charge in [-0.25, -0.2) is 0 Å². The van der Waals surface area contributed by atoms with E-state index in [4.69, 9.17) is 4.74 Å². The zero-order valence-electron chi connectivity index (χ0n) is 11.2. The summed E-state index contributed by atoms with van der Waals surface area (Å²) in [6, 6.07) is 6.03. The van der Waals surface area contributed by atoms with Gasteiger partial charge in [0.25, 0.3) is 0 Å². The number of hydrogen-bond donors (Lipinski definition) is 0. The summed E-state index contributed by atoms with van der Waals surface area (Å²) in [5.41, 5.74) is 2.30. The number of carbonyl (C=O) groups excluding carboxylic acids is 1. The molecule has 1 aromatic rings. The number of amides is 1. The predicted molar refractivity (Wildman–Crippen MR) is 73.2 cm³/mol. The molecule has 0 unspecified atom stereocenters. The molecule has 0 N–H and O–H groups in total. The number of anilines is 1. The molecule has 3 heteroatoms. The molecule has 0 atom stereocenters. The molecule has 1 aromatic carbocycles. The number of aryl methyl sites for hydroxylation is 1. The van der Waals surface area contributed by atoms with Gasteiger partial charge in [0, 0.05) is 19.0 Å². The number of ether oxygens (including phenoxy) is 1. The maximum Gasteiger partial charge on any atom is 0.226 e. The van der Waals surface area contributed by atoms with E-state index in [1.807, 2.05) is 17.0 Å². The maximum absolute atomic E-state index is 12.2. The van der Waals surface area contributed by atoms with Crippen LogP contribution in [0.25, 0.3) is 0 Å². The lowest BCUT2D eigenvalue weighted by Crippen LogP contribution is -2.35. The third-order valence-electron chi connectivity index (χ3n) is 3.46. The van der Waals surface area contributed by atoms with Crippen LogP contribution < -0.4 is 9.64 Å². The molecule has 2 rings (SSSR count). The summed E-state index contributed by atoms with van der Waals surface area (Å²) in [5, 5.41) is 0. The Bertz CT molecular complexity index is 429. The van der Waals surface area contributed by atoms with Gasteiger partial charge < -0.3 is 9.64 Å². The Labute approximate surface area is 109 Å². The van der Waals surface area contributed by atoms with Crippen molar-refractivity contribution in [2.24, 2.45) is 0 Å². The van der Waals surface area contributed by atoms with Gasteiger partial charge in [-0.15, -0.1) is 0 Å². The molecule has 0 fully saturated rings. The topological polar surface area (TPSA) is 29.5 Å². The molecule has 0 spiro atoms. The van der Waals surface area contributed by atoms with E-state index in [0.717, 1.165) is 43.7 Å². The van der Waals surface area contributed by atoms with E-state index in [0.29, 0.717) is 6.42 Å². The zero-order chi connectivity index (χ0) is 13.0. The molecule has 0 aliphatic carbocycles. The van der Waals surface area contributed by atoms with Crippen LogP contribution in [0.3, 0.4) is 0 Å².